The van der Waals surface area contributed by atoms with Gasteiger partial charge in [-0.25, -0.2) is 0 Å². The van der Waals surface area contributed by atoms with Crippen molar-refractivity contribution in [3.8, 4) is 0 Å². The highest BCUT2D eigenvalue weighted by molar-refractivity contribution is 6.30. The van der Waals surface area contributed by atoms with Gasteiger partial charge in [0.1, 0.15) is 6.54 Å². The number of carbonyl (C=O) groups is 2. The van der Waals surface area contributed by atoms with Crippen molar-refractivity contribution in [2.75, 3.05) is 18.0 Å². The van der Waals surface area contributed by atoms with Gasteiger partial charge in [0.15, 0.2) is 0 Å². The zero-order chi connectivity index (χ0) is 17.5. The minimum atomic E-state index is -0.985. The molecular formula is C18H19ClN2O3. The van der Waals surface area contributed by atoms with E-state index in [-0.39, 0.29) is 19.0 Å². The van der Waals surface area contributed by atoms with E-state index in [1.165, 1.54) is 0 Å². The number of nitrogens with one attached hydrogen (secondary N) is 1. The quantitative estimate of drug-likeness (QED) is 0.808. The van der Waals surface area contributed by atoms with Crippen LogP contribution in [-0.4, -0.2) is 30.1 Å². The molecule has 2 aromatic rings. The Morgan fingerprint density at radius 1 is 1.12 bits per heavy atom. The lowest BCUT2D eigenvalue weighted by Crippen LogP contribution is -2.40. The normalized spacial score (nSPS) is 10.2. The van der Waals surface area contributed by atoms with E-state index < -0.39 is 5.97 Å². The Labute approximate surface area is 145 Å². The summed E-state index contributed by atoms with van der Waals surface area (Å²) >= 11 is 5.91. The number of halogens is 1. The molecule has 0 aromatic heterocycles. The van der Waals surface area contributed by atoms with Crippen LogP contribution in [0.5, 0.6) is 0 Å². The van der Waals surface area contributed by atoms with Gasteiger partial charge in [0.05, 0.1) is 6.54 Å². The Morgan fingerprint density at radius 2 is 1.88 bits per heavy atom. The zero-order valence-electron chi connectivity index (χ0n) is 13.3. The Balaban J connectivity index is 2.02. The first-order valence-corrected chi connectivity index (χ1v) is 7.87. The molecule has 2 aromatic carbocycles. The number of carboxylic acid groups (broad SMARTS) is 1. The Kier molecular flexibility index (Phi) is 6.21. The van der Waals surface area contributed by atoms with Gasteiger partial charge in [0, 0.05) is 17.3 Å². The number of amides is 1. The van der Waals surface area contributed by atoms with Crippen LogP contribution in [0.2, 0.25) is 5.02 Å². The Bertz CT molecular complexity index is 734. The first-order chi connectivity index (χ1) is 11.5. The SMILES string of the molecule is Cc1ccccc1N(CC(=O)O)CC(=O)NCc1cccc(Cl)c1. The molecule has 126 valence electrons. The molecule has 6 heteroatoms. The molecule has 0 bridgehead atoms. The van der Waals surface area contributed by atoms with Crippen molar-refractivity contribution < 1.29 is 14.7 Å². The zero-order valence-corrected chi connectivity index (χ0v) is 14.1. The van der Waals surface area contributed by atoms with Crippen molar-refractivity contribution in [2.45, 2.75) is 13.5 Å². The topological polar surface area (TPSA) is 69.6 Å². The van der Waals surface area contributed by atoms with Crippen LogP contribution >= 0.6 is 11.6 Å². The van der Waals surface area contributed by atoms with Crippen LogP contribution in [0.1, 0.15) is 11.1 Å². The lowest BCUT2D eigenvalue weighted by atomic mass is 10.2. The summed E-state index contributed by atoms with van der Waals surface area (Å²) < 4.78 is 0. The number of para-hydroxylation sites is 1. The molecule has 0 saturated carbocycles. The van der Waals surface area contributed by atoms with Crippen molar-refractivity contribution in [1.29, 1.82) is 0 Å². The number of carbonyl (C=O) groups excluding carboxylic acids is 1. The molecule has 0 aliphatic carbocycles. The third kappa shape index (κ3) is 5.28. The largest absolute Gasteiger partial charge is 0.480 e. The predicted molar refractivity (Wildman–Crippen MR) is 94.3 cm³/mol. The number of carboxylic acids is 1. The molecule has 2 N–H and O–H groups in total. The number of aryl methyl sites for hydroxylation is 1. The van der Waals surface area contributed by atoms with Crippen LogP contribution in [-0.2, 0) is 16.1 Å². The van der Waals surface area contributed by atoms with Crippen molar-refractivity contribution in [3.63, 3.8) is 0 Å². The average molecular weight is 347 g/mol. The Hall–Kier alpha value is -2.53. The van der Waals surface area contributed by atoms with Crippen LogP contribution in [0.3, 0.4) is 0 Å². The summed E-state index contributed by atoms with van der Waals surface area (Å²) in [7, 11) is 0. The first-order valence-electron chi connectivity index (χ1n) is 7.49. The second-order valence-corrected chi connectivity index (χ2v) is 5.88. The highest BCUT2D eigenvalue weighted by Gasteiger charge is 2.16. The molecule has 2 rings (SSSR count). The van der Waals surface area contributed by atoms with E-state index in [0.29, 0.717) is 11.6 Å². The number of rotatable bonds is 7. The van der Waals surface area contributed by atoms with Gasteiger partial charge >= 0.3 is 5.97 Å². The van der Waals surface area contributed by atoms with E-state index in [1.54, 1.807) is 17.0 Å². The summed E-state index contributed by atoms with van der Waals surface area (Å²) in [6.45, 7) is 1.95. The second kappa shape index (κ2) is 8.36. The summed E-state index contributed by atoms with van der Waals surface area (Å²) in [6, 6.07) is 14.6. The molecule has 0 fully saturated rings. The summed E-state index contributed by atoms with van der Waals surface area (Å²) in [5.74, 6) is -1.24. The summed E-state index contributed by atoms with van der Waals surface area (Å²) in [5.41, 5.74) is 2.54. The van der Waals surface area contributed by atoms with E-state index in [9.17, 15) is 9.59 Å². The van der Waals surface area contributed by atoms with E-state index >= 15 is 0 Å². The van der Waals surface area contributed by atoms with E-state index in [4.69, 9.17) is 16.7 Å². The monoisotopic (exact) mass is 346 g/mol. The molecular weight excluding hydrogens is 328 g/mol. The lowest BCUT2D eigenvalue weighted by Gasteiger charge is -2.24. The van der Waals surface area contributed by atoms with Gasteiger partial charge < -0.3 is 15.3 Å². The number of hydrogen-bond acceptors (Lipinski definition) is 3. The Morgan fingerprint density at radius 3 is 2.54 bits per heavy atom. The number of hydrogen-bond donors (Lipinski definition) is 2. The first kappa shape index (κ1) is 17.8. The third-order valence-electron chi connectivity index (χ3n) is 3.50. The van der Waals surface area contributed by atoms with Gasteiger partial charge in [-0.2, -0.15) is 0 Å². The molecule has 0 atom stereocenters. The molecule has 24 heavy (non-hydrogen) atoms. The van der Waals surface area contributed by atoms with Crippen molar-refractivity contribution >= 4 is 29.2 Å². The average Bonchev–Trinajstić information content (AvgIpc) is 2.52. The van der Waals surface area contributed by atoms with Gasteiger partial charge in [0.2, 0.25) is 5.91 Å². The molecule has 0 heterocycles. The maximum Gasteiger partial charge on any atom is 0.323 e. The fraction of sp³-hybridized carbons (Fsp3) is 0.222. The highest BCUT2D eigenvalue weighted by atomic mass is 35.5. The van der Waals surface area contributed by atoms with Crippen LogP contribution in [0.4, 0.5) is 5.69 Å². The smallest absolute Gasteiger partial charge is 0.323 e. The fourth-order valence-corrected chi connectivity index (χ4v) is 2.60. The molecule has 0 spiro atoms. The molecule has 0 aliphatic rings. The second-order valence-electron chi connectivity index (χ2n) is 5.44. The maximum absolute atomic E-state index is 12.2. The van der Waals surface area contributed by atoms with Gasteiger partial charge in [-0.05, 0) is 36.2 Å². The standard InChI is InChI=1S/C18H19ClN2O3/c1-13-5-2-3-8-16(13)21(12-18(23)24)11-17(22)20-10-14-6-4-7-15(19)9-14/h2-9H,10-12H2,1H3,(H,20,22)(H,23,24). The van der Waals surface area contributed by atoms with Gasteiger partial charge in [-0.15, -0.1) is 0 Å². The summed E-state index contributed by atoms with van der Waals surface area (Å²) in [6.07, 6.45) is 0. The highest BCUT2D eigenvalue weighted by Crippen LogP contribution is 2.19. The van der Waals surface area contributed by atoms with E-state index in [0.717, 1.165) is 16.8 Å². The maximum atomic E-state index is 12.2. The number of aliphatic carboxylic acids is 1. The van der Waals surface area contributed by atoms with Crippen molar-refractivity contribution in [2.24, 2.45) is 0 Å². The van der Waals surface area contributed by atoms with Crippen LogP contribution in [0, 0.1) is 6.92 Å². The lowest BCUT2D eigenvalue weighted by molar-refractivity contribution is -0.135. The van der Waals surface area contributed by atoms with Crippen LogP contribution in [0.25, 0.3) is 0 Å². The molecule has 1 amide bonds. The predicted octanol–water partition coefficient (Wildman–Crippen LogP) is 2.86. The van der Waals surface area contributed by atoms with E-state index in [1.807, 2.05) is 43.3 Å². The van der Waals surface area contributed by atoms with Crippen LogP contribution < -0.4 is 10.2 Å². The number of nitrogens with zero attached hydrogens (tertiary/aromatic N) is 1. The number of benzene rings is 2. The van der Waals surface area contributed by atoms with Crippen molar-refractivity contribution in [3.05, 3.63) is 64.7 Å². The van der Waals surface area contributed by atoms with E-state index in [2.05, 4.69) is 5.32 Å². The summed E-state index contributed by atoms with van der Waals surface area (Å²) in [4.78, 5) is 24.9. The molecule has 0 aliphatic heterocycles. The van der Waals surface area contributed by atoms with Gasteiger partial charge in [0.25, 0.3) is 0 Å². The van der Waals surface area contributed by atoms with Gasteiger partial charge in [-0.1, -0.05) is 41.9 Å². The van der Waals surface area contributed by atoms with Crippen LogP contribution in [0.15, 0.2) is 48.5 Å². The molecule has 0 saturated heterocycles. The van der Waals surface area contributed by atoms with Crippen molar-refractivity contribution in [1.82, 2.24) is 5.32 Å². The molecule has 0 unspecified atom stereocenters. The minimum absolute atomic E-state index is 0.0300. The fourth-order valence-electron chi connectivity index (χ4n) is 2.38. The third-order valence-corrected chi connectivity index (χ3v) is 3.73. The summed E-state index contributed by atoms with van der Waals surface area (Å²) in [5, 5.41) is 12.5. The molecule has 0 radical (unpaired) electrons. The number of anilines is 1. The van der Waals surface area contributed by atoms with Gasteiger partial charge in [-0.3, -0.25) is 9.59 Å². The minimum Gasteiger partial charge on any atom is -0.480 e. The molecule has 5 nitrogen and oxygen atoms in total.